The first kappa shape index (κ1) is 33.0. The van der Waals surface area contributed by atoms with Crippen LogP contribution in [0.5, 0.6) is 0 Å². The first-order valence-electron chi connectivity index (χ1n) is 15.9. The van der Waals surface area contributed by atoms with Crippen molar-refractivity contribution in [1.82, 2.24) is 21.0 Å². The number of carbonyl (C=O) groups excluding carboxylic acids is 4. The molecule has 4 aliphatic rings. The van der Waals surface area contributed by atoms with Gasteiger partial charge in [-0.25, -0.2) is 4.79 Å². The maximum Gasteiger partial charge on any atom is 0.332 e. The number of nitrogens with zero attached hydrogens (tertiary/aromatic N) is 1. The van der Waals surface area contributed by atoms with Crippen molar-refractivity contribution in [1.29, 1.82) is 0 Å². The number of benzene rings is 1. The summed E-state index contributed by atoms with van der Waals surface area (Å²) >= 11 is 6.23. The second-order valence-electron chi connectivity index (χ2n) is 14.1. The van der Waals surface area contributed by atoms with Crippen LogP contribution >= 0.6 is 11.6 Å². The van der Waals surface area contributed by atoms with Crippen LogP contribution in [-0.4, -0.2) is 65.5 Å². The Bertz CT molecular complexity index is 1380. The minimum atomic E-state index is -1.23. The number of hydrogen-bond acceptors (Lipinski definition) is 7. The van der Waals surface area contributed by atoms with Crippen molar-refractivity contribution < 1.29 is 28.8 Å². The van der Waals surface area contributed by atoms with E-state index < -0.39 is 40.5 Å². The van der Waals surface area contributed by atoms with E-state index in [4.69, 9.17) is 21.2 Å². The number of methoxy groups -OCH3 is 1. The molecule has 244 valence electrons. The Hall–Kier alpha value is -3.37. The minimum absolute atomic E-state index is 0.0577. The zero-order chi connectivity index (χ0) is 32.6. The quantitative estimate of drug-likeness (QED) is 0.272. The Kier molecular flexibility index (Phi) is 9.38. The topological polar surface area (TPSA) is 126 Å². The summed E-state index contributed by atoms with van der Waals surface area (Å²) in [5.74, 6) is -1.58. The van der Waals surface area contributed by atoms with E-state index in [1.54, 1.807) is 18.2 Å². The monoisotopic (exact) mass is 640 g/mol. The van der Waals surface area contributed by atoms with Crippen molar-refractivity contribution in [2.45, 2.75) is 95.4 Å². The highest BCUT2D eigenvalue weighted by molar-refractivity contribution is 6.30. The van der Waals surface area contributed by atoms with Gasteiger partial charge in [-0.2, -0.15) is 0 Å². The number of esters is 1. The van der Waals surface area contributed by atoms with Gasteiger partial charge in [0, 0.05) is 29.3 Å². The van der Waals surface area contributed by atoms with E-state index in [1.165, 1.54) is 18.4 Å². The van der Waals surface area contributed by atoms with Crippen LogP contribution in [0.25, 0.3) is 5.70 Å². The second-order valence-corrected chi connectivity index (χ2v) is 14.5. The highest BCUT2D eigenvalue weighted by Crippen LogP contribution is 2.46. The summed E-state index contributed by atoms with van der Waals surface area (Å²) in [6, 6.07) is 5.41. The predicted octanol–water partition coefficient (Wildman–Crippen LogP) is 4.29. The SMILES string of the molecule is C=C[C@@H]1C[C@]1(NC(=O)[C@@H]1C[C@]2(C=C(c3cccc(Cl)c3)NO2)CN1C(=O)[C@@H](NC(=O)CC1CCCCC1)C(C)(C)C)C(=O)OC. The van der Waals surface area contributed by atoms with E-state index in [9.17, 15) is 19.2 Å². The summed E-state index contributed by atoms with van der Waals surface area (Å²) in [7, 11) is 1.28. The van der Waals surface area contributed by atoms with Crippen molar-refractivity contribution in [2.24, 2.45) is 17.3 Å². The van der Waals surface area contributed by atoms with Gasteiger partial charge in [0.25, 0.3) is 0 Å². The summed E-state index contributed by atoms with van der Waals surface area (Å²) in [6.45, 7) is 9.54. The minimum Gasteiger partial charge on any atom is -0.467 e. The lowest BCUT2D eigenvalue weighted by molar-refractivity contribution is -0.149. The third kappa shape index (κ3) is 6.92. The molecule has 0 unspecified atom stereocenters. The molecule has 1 aromatic carbocycles. The Morgan fingerprint density at radius 3 is 2.56 bits per heavy atom. The number of hydroxylamine groups is 1. The third-order valence-corrected chi connectivity index (χ3v) is 9.89. The van der Waals surface area contributed by atoms with Crippen molar-refractivity contribution in [2.75, 3.05) is 13.7 Å². The van der Waals surface area contributed by atoms with Crippen LogP contribution in [-0.2, 0) is 28.8 Å². The molecule has 45 heavy (non-hydrogen) atoms. The molecule has 1 aromatic rings. The molecule has 1 saturated heterocycles. The number of carbonyl (C=O) groups is 4. The first-order valence-corrected chi connectivity index (χ1v) is 16.2. The third-order valence-electron chi connectivity index (χ3n) is 9.66. The average molecular weight is 641 g/mol. The van der Waals surface area contributed by atoms with E-state index in [2.05, 4.69) is 22.7 Å². The molecule has 0 aromatic heterocycles. The number of rotatable bonds is 9. The van der Waals surface area contributed by atoms with Crippen LogP contribution in [0.1, 0.15) is 77.7 Å². The smallest absolute Gasteiger partial charge is 0.332 e. The lowest BCUT2D eigenvalue weighted by Crippen LogP contribution is -2.59. The standard InChI is InChI=1S/C34H45ClN4O6/c1-6-23-17-34(23,31(43)44-5)37-29(41)26-19-33(18-25(38-45-33)22-13-10-14-24(35)16-22)20-39(26)30(42)28(32(2,3)4)36-27(40)15-21-11-8-7-9-12-21/h6,10,13-14,16,18,21,23,26,28,38H,1,7-9,11-12,15,17,19-20H2,2-5H3,(H,36,40)(H,37,41)/t23-,26+,28-,33-,34-/m1/s1. The lowest BCUT2D eigenvalue weighted by Gasteiger charge is -2.36. The highest BCUT2D eigenvalue weighted by atomic mass is 35.5. The van der Waals surface area contributed by atoms with E-state index >= 15 is 0 Å². The molecular weight excluding hydrogens is 596 g/mol. The van der Waals surface area contributed by atoms with E-state index in [0.29, 0.717) is 29.5 Å². The fourth-order valence-electron chi connectivity index (χ4n) is 7.00. The number of nitrogens with one attached hydrogen (secondary N) is 3. The van der Waals surface area contributed by atoms with Gasteiger partial charge in [-0.3, -0.25) is 24.7 Å². The van der Waals surface area contributed by atoms with Gasteiger partial charge in [0.1, 0.15) is 23.2 Å². The second kappa shape index (κ2) is 12.8. The average Bonchev–Trinajstić information content (AvgIpc) is 3.36. The fraction of sp³-hybridized carbons (Fsp3) is 0.588. The summed E-state index contributed by atoms with van der Waals surface area (Å²) < 4.78 is 5.02. The molecule has 5 rings (SSSR count). The number of halogens is 1. The van der Waals surface area contributed by atoms with E-state index in [0.717, 1.165) is 31.2 Å². The molecule has 3 amide bonds. The zero-order valence-corrected chi connectivity index (χ0v) is 27.4. The van der Waals surface area contributed by atoms with Gasteiger partial charge in [0.05, 0.1) is 19.4 Å². The van der Waals surface area contributed by atoms with Gasteiger partial charge in [-0.05, 0) is 48.8 Å². The summed E-state index contributed by atoms with van der Waals surface area (Å²) in [5, 5.41) is 6.48. The molecule has 11 heteroatoms. The molecule has 0 bridgehead atoms. The van der Waals surface area contributed by atoms with Crippen molar-refractivity contribution in [3.63, 3.8) is 0 Å². The molecule has 2 aliphatic heterocycles. The van der Waals surface area contributed by atoms with Crippen molar-refractivity contribution >= 4 is 41.0 Å². The molecule has 10 nitrogen and oxygen atoms in total. The van der Waals surface area contributed by atoms with Crippen LogP contribution in [0.4, 0.5) is 0 Å². The summed E-state index contributed by atoms with van der Waals surface area (Å²) in [6.07, 6.45) is 9.81. The molecule has 5 atom stereocenters. The Balaban J connectivity index is 1.43. The number of ether oxygens (including phenoxy) is 1. The van der Waals surface area contributed by atoms with E-state index in [1.807, 2.05) is 39.0 Å². The van der Waals surface area contributed by atoms with Crippen LogP contribution < -0.4 is 16.1 Å². The lowest BCUT2D eigenvalue weighted by atomic mass is 9.84. The van der Waals surface area contributed by atoms with Crippen LogP contribution in [0.2, 0.25) is 5.02 Å². The molecular formula is C34H45ClN4O6. The van der Waals surface area contributed by atoms with Crippen LogP contribution in [0, 0.1) is 17.3 Å². The fourth-order valence-corrected chi connectivity index (χ4v) is 7.19. The van der Waals surface area contributed by atoms with Crippen molar-refractivity contribution in [3.8, 4) is 0 Å². The predicted molar refractivity (Wildman–Crippen MR) is 170 cm³/mol. The van der Waals surface area contributed by atoms with Crippen molar-refractivity contribution in [3.05, 3.63) is 53.6 Å². The maximum absolute atomic E-state index is 14.5. The molecule has 2 aliphatic carbocycles. The highest BCUT2D eigenvalue weighted by Gasteiger charge is 2.63. The molecule has 3 fully saturated rings. The van der Waals surface area contributed by atoms with Crippen LogP contribution in [0.15, 0.2) is 43.0 Å². The van der Waals surface area contributed by atoms with Gasteiger partial charge in [-0.1, -0.05) is 69.8 Å². The Morgan fingerprint density at radius 1 is 1.20 bits per heavy atom. The van der Waals surface area contributed by atoms with Gasteiger partial charge in [0.15, 0.2) is 0 Å². The van der Waals surface area contributed by atoms with E-state index in [-0.39, 0.29) is 30.7 Å². The summed E-state index contributed by atoms with van der Waals surface area (Å²) in [5.41, 5.74) is 1.51. The van der Waals surface area contributed by atoms with Gasteiger partial charge >= 0.3 is 5.97 Å². The Labute approximate surface area is 270 Å². The van der Waals surface area contributed by atoms with Gasteiger partial charge in [-0.15, -0.1) is 6.58 Å². The molecule has 2 heterocycles. The van der Waals surface area contributed by atoms with Gasteiger partial charge < -0.3 is 20.3 Å². The number of amides is 3. The number of hydrogen-bond donors (Lipinski definition) is 3. The first-order chi connectivity index (χ1) is 21.3. The normalized spacial score (nSPS) is 28.6. The molecule has 0 radical (unpaired) electrons. The molecule has 1 spiro atoms. The van der Waals surface area contributed by atoms with Crippen LogP contribution in [0.3, 0.4) is 0 Å². The largest absolute Gasteiger partial charge is 0.467 e. The molecule has 2 saturated carbocycles. The number of likely N-dealkylation sites (tertiary alicyclic amines) is 1. The molecule has 3 N–H and O–H groups in total. The Morgan fingerprint density at radius 2 is 1.93 bits per heavy atom. The zero-order valence-electron chi connectivity index (χ0n) is 26.6. The maximum atomic E-state index is 14.5. The van der Waals surface area contributed by atoms with Gasteiger partial charge in [0.2, 0.25) is 17.7 Å². The summed E-state index contributed by atoms with van der Waals surface area (Å²) in [4.78, 5) is 62.2.